The summed E-state index contributed by atoms with van der Waals surface area (Å²) in [6.45, 7) is 4.18. The zero-order valence-electron chi connectivity index (χ0n) is 24.4. The number of fused-ring (bicyclic) bond motifs is 1. The molecular weight excluding hydrogens is 577 g/mol. The first-order chi connectivity index (χ1) is 20.6. The molecule has 0 saturated carbocycles. The third-order valence-corrected chi connectivity index (χ3v) is 11.3. The molecule has 2 fully saturated rings. The number of sulfonamides is 1. The molecule has 2 aromatic carbocycles. The van der Waals surface area contributed by atoms with Gasteiger partial charge in [-0.05, 0) is 37.5 Å². The summed E-state index contributed by atoms with van der Waals surface area (Å²) in [4.78, 5) is 11.5. The van der Waals surface area contributed by atoms with E-state index in [1.807, 2.05) is 0 Å². The Morgan fingerprint density at radius 2 is 1.70 bits per heavy atom. The van der Waals surface area contributed by atoms with Crippen LogP contribution in [0.4, 0.5) is 24.9 Å². The summed E-state index contributed by atoms with van der Waals surface area (Å²) in [7, 11) is -1.74. The van der Waals surface area contributed by atoms with Crippen molar-refractivity contribution in [3.63, 3.8) is 0 Å². The van der Waals surface area contributed by atoms with Crippen molar-refractivity contribution in [2.45, 2.75) is 62.6 Å². The van der Waals surface area contributed by atoms with Gasteiger partial charge in [0, 0.05) is 69.2 Å². The predicted octanol–water partition coefficient (Wildman–Crippen LogP) is 4.85. The summed E-state index contributed by atoms with van der Waals surface area (Å²) in [5.74, 6) is -1.20. The van der Waals surface area contributed by atoms with Crippen molar-refractivity contribution in [1.82, 2.24) is 14.3 Å². The van der Waals surface area contributed by atoms with Crippen LogP contribution in [0.5, 0.6) is 0 Å². The molecule has 1 N–H and O–H groups in total. The maximum Gasteiger partial charge on any atom is 0.246 e. The Labute approximate surface area is 251 Å². The van der Waals surface area contributed by atoms with Gasteiger partial charge in [0.25, 0.3) is 0 Å². The van der Waals surface area contributed by atoms with Gasteiger partial charge in [-0.15, -0.1) is 0 Å². The Balaban J connectivity index is 1.28. The monoisotopic (exact) mass is 615 g/mol. The lowest BCUT2D eigenvalue weighted by Crippen LogP contribution is -2.58. The summed E-state index contributed by atoms with van der Waals surface area (Å²) >= 11 is 0. The first-order valence-corrected chi connectivity index (χ1v) is 16.5. The number of rotatable bonds is 7. The van der Waals surface area contributed by atoms with Gasteiger partial charge in [0.05, 0.1) is 31.9 Å². The minimum Gasteiger partial charge on any atom is -0.365 e. The normalized spacial score (nSPS) is 19.7. The number of nitrogens with one attached hydrogen (secondary N) is 1. The van der Waals surface area contributed by atoms with Gasteiger partial charge in [-0.1, -0.05) is 18.2 Å². The first-order valence-electron chi connectivity index (χ1n) is 15.1. The molecule has 6 rings (SSSR count). The fourth-order valence-corrected chi connectivity index (χ4v) is 8.27. The van der Waals surface area contributed by atoms with E-state index in [4.69, 9.17) is 9.97 Å². The van der Waals surface area contributed by atoms with E-state index in [1.165, 1.54) is 67.0 Å². The number of quaternary nitrogens is 1. The number of likely N-dealkylation sites (tertiary alicyclic amines) is 1. The quantitative estimate of drug-likeness (QED) is 0.383. The van der Waals surface area contributed by atoms with Crippen LogP contribution in [0.1, 0.15) is 48.9 Å². The average molecular weight is 616 g/mol. The molecule has 4 heterocycles. The van der Waals surface area contributed by atoms with Crippen molar-refractivity contribution in [2.24, 2.45) is 0 Å². The largest absolute Gasteiger partial charge is 0.365 e. The molecule has 1 aromatic heterocycles. The van der Waals surface area contributed by atoms with Gasteiger partial charge < -0.3 is 14.7 Å². The molecule has 230 valence electrons. The highest BCUT2D eigenvalue weighted by Gasteiger charge is 2.38. The fraction of sp³-hybridized carbons (Fsp3) is 0.484. The van der Waals surface area contributed by atoms with Gasteiger partial charge in [-0.2, -0.15) is 9.29 Å². The SMILES string of the molecule is C[N+]1(C2CCN(c3nc4c(c(NCc5ccc(F)cc5F)n3)CN(S(=O)(=O)c3ccccc3F)CC4)CC2)CCCCC1. The Bertz CT molecular complexity index is 1590. The Kier molecular flexibility index (Phi) is 8.36. The highest BCUT2D eigenvalue weighted by atomic mass is 32.2. The van der Waals surface area contributed by atoms with Crippen LogP contribution in [0.25, 0.3) is 0 Å². The maximum atomic E-state index is 14.5. The number of piperidine rings is 2. The number of aromatic nitrogens is 2. The molecule has 8 nitrogen and oxygen atoms in total. The summed E-state index contributed by atoms with van der Waals surface area (Å²) in [6, 6.07) is 9.32. The highest BCUT2D eigenvalue weighted by Crippen LogP contribution is 2.33. The van der Waals surface area contributed by atoms with E-state index < -0.39 is 27.5 Å². The first kappa shape index (κ1) is 29.8. The standard InChI is InChI=1S/C31H38F3N6O2S/c1-40(17-5-2-6-18-40)24-11-14-38(15-12-24)31-36-28-13-16-39(43(41,42)29-8-4-3-7-26(29)33)21-25(28)30(37-31)35-20-22-9-10-23(32)19-27(22)34/h3-4,7-10,19,24H,2,5-6,11-18,20-21H2,1H3,(H,35,36,37)/q+1. The zero-order chi connectivity index (χ0) is 30.2. The van der Waals surface area contributed by atoms with Crippen LogP contribution in [-0.2, 0) is 29.5 Å². The van der Waals surface area contributed by atoms with E-state index in [2.05, 4.69) is 17.3 Å². The van der Waals surface area contributed by atoms with Crippen LogP contribution in [-0.4, -0.2) is 73.0 Å². The van der Waals surface area contributed by atoms with Crippen LogP contribution in [0.3, 0.4) is 0 Å². The van der Waals surface area contributed by atoms with Crippen molar-refractivity contribution < 1.29 is 26.1 Å². The second-order valence-electron chi connectivity index (χ2n) is 12.1. The Morgan fingerprint density at radius 3 is 2.42 bits per heavy atom. The molecule has 0 atom stereocenters. The summed E-state index contributed by atoms with van der Waals surface area (Å²) in [5, 5.41) is 3.18. The Hall–Kier alpha value is -3.22. The van der Waals surface area contributed by atoms with Crippen molar-refractivity contribution in [3.8, 4) is 0 Å². The average Bonchev–Trinajstić information content (AvgIpc) is 3.00. The van der Waals surface area contributed by atoms with Crippen LogP contribution in [0.2, 0.25) is 0 Å². The minimum absolute atomic E-state index is 0.0208. The minimum atomic E-state index is -4.12. The summed E-state index contributed by atoms with van der Waals surface area (Å²) in [6.07, 6.45) is 6.26. The third kappa shape index (κ3) is 6.09. The van der Waals surface area contributed by atoms with Gasteiger partial charge >= 0.3 is 0 Å². The maximum absolute atomic E-state index is 14.5. The molecule has 0 aliphatic carbocycles. The molecule has 3 aliphatic heterocycles. The van der Waals surface area contributed by atoms with E-state index in [1.54, 1.807) is 0 Å². The van der Waals surface area contributed by atoms with Gasteiger partial charge in [-0.25, -0.2) is 26.6 Å². The van der Waals surface area contributed by atoms with Gasteiger partial charge in [0.15, 0.2) is 0 Å². The molecule has 12 heteroatoms. The molecule has 0 radical (unpaired) electrons. The topological polar surface area (TPSA) is 78.4 Å². The lowest BCUT2D eigenvalue weighted by molar-refractivity contribution is -0.938. The number of benzene rings is 2. The summed E-state index contributed by atoms with van der Waals surface area (Å²) < 4.78 is 71.7. The van der Waals surface area contributed by atoms with E-state index in [0.717, 1.165) is 42.5 Å². The van der Waals surface area contributed by atoms with E-state index in [9.17, 15) is 21.6 Å². The number of nitrogens with zero attached hydrogens (tertiary/aromatic N) is 5. The number of hydrogen-bond donors (Lipinski definition) is 1. The zero-order valence-corrected chi connectivity index (χ0v) is 25.2. The van der Waals surface area contributed by atoms with Crippen LogP contribution < -0.4 is 10.2 Å². The second-order valence-corrected chi connectivity index (χ2v) is 14.0. The molecule has 3 aliphatic rings. The number of anilines is 2. The molecule has 3 aromatic rings. The van der Waals surface area contributed by atoms with E-state index >= 15 is 0 Å². The molecule has 0 bridgehead atoms. The van der Waals surface area contributed by atoms with E-state index in [0.29, 0.717) is 35.5 Å². The van der Waals surface area contributed by atoms with Crippen LogP contribution >= 0.6 is 0 Å². The van der Waals surface area contributed by atoms with Crippen molar-refractivity contribution >= 4 is 21.8 Å². The van der Waals surface area contributed by atoms with Crippen molar-refractivity contribution in [3.05, 3.63) is 76.7 Å². The lowest BCUT2D eigenvalue weighted by atomic mass is 9.97. The predicted molar refractivity (Wildman–Crippen MR) is 158 cm³/mol. The molecule has 0 amide bonds. The number of hydrogen-bond acceptors (Lipinski definition) is 6. The highest BCUT2D eigenvalue weighted by molar-refractivity contribution is 7.89. The van der Waals surface area contributed by atoms with Crippen LogP contribution in [0, 0.1) is 17.5 Å². The molecule has 2 saturated heterocycles. The second kappa shape index (κ2) is 12.0. The van der Waals surface area contributed by atoms with Gasteiger partial charge in [0.1, 0.15) is 28.2 Å². The van der Waals surface area contributed by atoms with E-state index in [-0.39, 0.29) is 30.1 Å². The van der Waals surface area contributed by atoms with Crippen LogP contribution in [0.15, 0.2) is 47.4 Å². The molecule has 0 spiro atoms. The Morgan fingerprint density at radius 1 is 0.953 bits per heavy atom. The fourth-order valence-electron chi connectivity index (χ4n) is 6.80. The molecular formula is C31H38F3N6O2S+. The molecule has 43 heavy (non-hydrogen) atoms. The van der Waals surface area contributed by atoms with Gasteiger partial charge in [0.2, 0.25) is 16.0 Å². The van der Waals surface area contributed by atoms with Crippen molar-refractivity contribution in [2.75, 3.05) is 50.0 Å². The lowest BCUT2D eigenvalue weighted by Gasteiger charge is -2.47. The molecule has 0 unspecified atom stereocenters. The third-order valence-electron chi connectivity index (χ3n) is 9.40. The smallest absolute Gasteiger partial charge is 0.246 e. The number of halogens is 3. The summed E-state index contributed by atoms with van der Waals surface area (Å²) in [5.41, 5.74) is 1.53. The van der Waals surface area contributed by atoms with Crippen molar-refractivity contribution in [1.29, 1.82) is 0 Å². The van der Waals surface area contributed by atoms with Gasteiger partial charge in [-0.3, -0.25) is 0 Å².